The van der Waals surface area contributed by atoms with Crippen molar-refractivity contribution in [3.8, 4) is 0 Å². The fourth-order valence-corrected chi connectivity index (χ4v) is 4.37. The molecule has 1 N–H and O–H groups in total. The van der Waals surface area contributed by atoms with Gasteiger partial charge in [0, 0.05) is 11.5 Å². The van der Waals surface area contributed by atoms with E-state index in [1.807, 2.05) is 0 Å². The molecule has 0 aromatic heterocycles. The fraction of sp³-hybridized carbons (Fsp3) is 0.667. The Bertz CT molecular complexity index is 387. The molecule has 1 heteroatoms. The largest absolute Gasteiger partial charge is 0.316 e. The molecule has 1 unspecified atom stereocenters. The summed E-state index contributed by atoms with van der Waals surface area (Å²) in [5.74, 6) is 0.971. The molecule has 0 aliphatic heterocycles. The van der Waals surface area contributed by atoms with Gasteiger partial charge in [-0.2, -0.15) is 0 Å². The van der Waals surface area contributed by atoms with E-state index in [1.54, 1.807) is 5.56 Å². The lowest BCUT2D eigenvalue weighted by atomic mass is 9.58. The third-order valence-electron chi connectivity index (χ3n) is 5.65. The topological polar surface area (TPSA) is 12.0 Å². The van der Waals surface area contributed by atoms with Gasteiger partial charge in [-0.3, -0.25) is 0 Å². The van der Waals surface area contributed by atoms with Crippen LogP contribution in [0.3, 0.4) is 0 Å². The maximum Gasteiger partial charge on any atom is 0.0164 e. The number of likely N-dealkylation sites (N-methyl/N-ethyl adjacent to an activating group) is 1. The second-order valence-electron chi connectivity index (χ2n) is 6.60. The van der Waals surface area contributed by atoms with Crippen molar-refractivity contribution in [1.82, 2.24) is 5.32 Å². The first kappa shape index (κ1) is 13.2. The van der Waals surface area contributed by atoms with Crippen LogP contribution in [0.1, 0.15) is 56.9 Å². The molecule has 19 heavy (non-hydrogen) atoms. The molecule has 104 valence electrons. The molecule has 0 amide bonds. The van der Waals surface area contributed by atoms with Crippen LogP contribution >= 0.6 is 0 Å². The van der Waals surface area contributed by atoms with Gasteiger partial charge in [-0.25, -0.2) is 0 Å². The zero-order valence-corrected chi connectivity index (χ0v) is 12.2. The minimum Gasteiger partial charge on any atom is -0.316 e. The average molecular weight is 257 g/mol. The van der Waals surface area contributed by atoms with E-state index in [9.17, 15) is 0 Å². The highest BCUT2D eigenvalue weighted by atomic mass is 14.9. The maximum absolute atomic E-state index is 3.67. The van der Waals surface area contributed by atoms with Crippen LogP contribution in [-0.2, 0) is 5.41 Å². The smallest absolute Gasteiger partial charge is 0.0164 e. The van der Waals surface area contributed by atoms with Crippen molar-refractivity contribution in [2.45, 2.75) is 62.8 Å². The predicted octanol–water partition coefficient (Wildman–Crippen LogP) is 4.28. The molecule has 2 fully saturated rings. The zero-order chi connectivity index (χ0) is 13.1. The van der Waals surface area contributed by atoms with Gasteiger partial charge in [0.2, 0.25) is 0 Å². The molecule has 0 radical (unpaired) electrons. The predicted molar refractivity (Wildman–Crippen MR) is 81.4 cm³/mol. The molecule has 1 aromatic carbocycles. The van der Waals surface area contributed by atoms with Gasteiger partial charge in [-0.15, -0.1) is 0 Å². The fourth-order valence-electron chi connectivity index (χ4n) is 4.37. The Morgan fingerprint density at radius 3 is 2.32 bits per heavy atom. The summed E-state index contributed by atoms with van der Waals surface area (Å²) in [4.78, 5) is 0. The molecule has 3 rings (SSSR count). The van der Waals surface area contributed by atoms with Crippen LogP contribution in [0, 0.1) is 5.92 Å². The lowest BCUT2D eigenvalue weighted by Crippen LogP contribution is -2.52. The summed E-state index contributed by atoms with van der Waals surface area (Å²) in [7, 11) is 2.17. The minimum absolute atomic E-state index is 0.429. The van der Waals surface area contributed by atoms with Gasteiger partial charge in [0.25, 0.3) is 0 Å². The van der Waals surface area contributed by atoms with Crippen molar-refractivity contribution in [2.75, 3.05) is 7.05 Å². The summed E-state index contributed by atoms with van der Waals surface area (Å²) in [5, 5.41) is 3.67. The highest BCUT2D eigenvalue weighted by Crippen LogP contribution is 2.48. The average Bonchev–Trinajstić information content (AvgIpc) is 2.90. The number of hydrogen-bond acceptors (Lipinski definition) is 1. The number of rotatable bonds is 5. The van der Waals surface area contributed by atoms with E-state index in [-0.39, 0.29) is 0 Å². The van der Waals surface area contributed by atoms with Gasteiger partial charge < -0.3 is 5.32 Å². The third-order valence-corrected chi connectivity index (χ3v) is 5.65. The van der Waals surface area contributed by atoms with Crippen molar-refractivity contribution < 1.29 is 0 Å². The molecule has 2 aliphatic rings. The van der Waals surface area contributed by atoms with Gasteiger partial charge >= 0.3 is 0 Å². The third kappa shape index (κ3) is 2.45. The van der Waals surface area contributed by atoms with Gasteiger partial charge in [0.1, 0.15) is 0 Å². The summed E-state index contributed by atoms with van der Waals surface area (Å²) < 4.78 is 0. The zero-order valence-electron chi connectivity index (χ0n) is 12.2. The summed E-state index contributed by atoms with van der Waals surface area (Å²) in [6.07, 6.45) is 11.4. The van der Waals surface area contributed by atoms with E-state index < -0.39 is 0 Å². The molecular formula is C18H27N. The van der Waals surface area contributed by atoms with Crippen LogP contribution in [0.2, 0.25) is 0 Å². The van der Waals surface area contributed by atoms with E-state index >= 15 is 0 Å². The van der Waals surface area contributed by atoms with Crippen molar-refractivity contribution in [3.63, 3.8) is 0 Å². The molecule has 0 saturated heterocycles. The van der Waals surface area contributed by atoms with Crippen molar-refractivity contribution in [2.24, 2.45) is 5.92 Å². The van der Waals surface area contributed by atoms with Gasteiger partial charge in [0.15, 0.2) is 0 Å². The summed E-state index contributed by atoms with van der Waals surface area (Å²) >= 11 is 0. The number of hydrogen-bond donors (Lipinski definition) is 1. The maximum atomic E-state index is 3.67. The second-order valence-corrected chi connectivity index (χ2v) is 6.60. The monoisotopic (exact) mass is 257 g/mol. The van der Waals surface area contributed by atoms with Crippen LogP contribution in [0.4, 0.5) is 0 Å². The van der Waals surface area contributed by atoms with Crippen LogP contribution < -0.4 is 5.32 Å². The SMILES string of the molecule is CNC(CC1CCCC1)C1(c2ccccc2)CCC1. The Labute approximate surface area is 117 Å². The second kappa shape index (κ2) is 5.66. The summed E-state index contributed by atoms with van der Waals surface area (Å²) in [6.45, 7) is 0. The van der Waals surface area contributed by atoms with Crippen LogP contribution in [0.25, 0.3) is 0 Å². The Morgan fingerprint density at radius 2 is 1.79 bits per heavy atom. The first-order chi connectivity index (χ1) is 9.35. The molecule has 0 heterocycles. The van der Waals surface area contributed by atoms with E-state index in [0.29, 0.717) is 11.5 Å². The molecule has 1 atom stereocenters. The Kier molecular flexibility index (Phi) is 3.93. The van der Waals surface area contributed by atoms with Crippen LogP contribution in [0.5, 0.6) is 0 Å². The number of nitrogens with one attached hydrogen (secondary N) is 1. The van der Waals surface area contributed by atoms with Gasteiger partial charge in [-0.1, -0.05) is 62.4 Å². The molecule has 1 nitrogen and oxygen atoms in total. The van der Waals surface area contributed by atoms with Crippen LogP contribution in [-0.4, -0.2) is 13.1 Å². The van der Waals surface area contributed by atoms with Gasteiger partial charge in [-0.05, 0) is 37.8 Å². The molecule has 0 bridgehead atoms. The van der Waals surface area contributed by atoms with Gasteiger partial charge in [0.05, 0.1) is 0 Å². The van der Waals surface area contributed by atoms with Crippen molar-refractivity contribution in [3.05, 3.63) is 35.9 Å². The molecule has 2 saturated carbocycles. The summed E-state index contributed by atoms with van der Waals surface area (Å²) in [5.41, 5.74) is 2.00. The lowest BCUT2D eigenvalue weighted by molar-refractivity contribution is 0.153. The molecule has 2 aliphatic carbocycles. The van der Waals surface area contributed by atoms with E-state index in [0.717, 1.165) is 5.92 Å². The highest BCUT2D eigenvalue weighted by molar-refractivity contribution is 5.30. The quantitative estimate of drug-likeness (QED) is 0.830. The Hall–Kier alpha value is -0.820. The molecular weight excluding hydrogens is 230 g/mol. The lowest BCUT2D eigenvalue weighted by Gasteiger charge is -2.49. The van der Waals surface area contributed by atoms with E-state index in [4.69, 9.17) is 0 Å². The van der Waals surface area contributed by atoms with E-state index in [1.165, 1.54) is 51.4 Å². The normalized spacial score (nSPS) is 24.1. The Balaban J connectivity index is 1.79. The van der Waals surface area contributed by atoms with Crippen molar-refractivity contribution >= 4 is 0 Å². The first-order valence-electron chi connectivity index (χ1n) is 8.08. The number of benzene rings is 1. The Morgan fingerprint density at radius 1 is 1.11 bits per heavy atom. The van der Waals surface area contributed by atoms with Crippen molar-refractivity contribution in [1.29, 1.82) is 0 Å². The highest BCUT2D eigenvalue weighted by Gasteiger charge is 2.45. The first-order valence-corrected chi connectivity index (χ1v) is 8.08. The molecule has 1 aromatic rings. The summed E-state index contributed by atoms with van der Waals surface area (Å²) in [6, 6.07) is 11.9. The van der Waals surface area contributed by atoms with Crippen LogP contribution in [0.15, 0.2) is 30.3 Å². The van der Waals surface area contributed by atoms with E-state index in [2.05, 4.69) is 42.7 Å². The standard InChI is InChI=1S/C18H27N/c1-19-17(14-15-8-5-6-9-15)18(12-7-13-18)16-10-3-2-4-11-16/h2-4,10-11,15,17,19H,5-9,12-14H2,1H3. The minimum atomic E-state index is 0.429. The molecule has 0 spiro atoms.